The molecule has 0 saturated heterocycles. The van der Waals surface area contributed by atoms with Crippen molar-refractivity contribution < 1.29 is 18.4 Å². The van der Waals surface area contributed by atoms with Gasteiger partial charge in [-0.25, -0.2) is 4.79 Å². The summed E-state index contributed by atoms with van der Waals surface area (Å²) in [6.07, 6.45) is 1.45. The Balaban J connectivity index is 1.49. The smallest absolute Gasteiger partial charge is 0.336 e. The number of anilines is 1. The number of rotatable bonds is 5. The van der Waals surface area contributed by atoms with Crippen molar-refractivity contribution in [2.24, 2.45) is 0 Å². The van der Waals surface area contributed by atoms with Crippen LogP contribution in [0.1, 0.15) is 16.1 Å². The molecular weight excluding hydrogens is 346 g/mol. The number of hydrogen-bond acceptors (Lipinski definition) is 5. The van der Waals surface area contributed by atoms with E-state index in [0.717, 1.165) is 0 Å². The van der Waals surface area contributed by atoms with Crippen molar-refractivity contribution in [3.63, 3.8) is 0 Å². The zero-order valence-electron chi connectivity index (χ0n) is 14.2. The SMILES string of the molecule is O=C(Nc1ccc2oc(=O)ccc2c1)c1occc1COc1ccccc1. The normalized spacial score (nSPS) is 10.7. The Morgan fingerprint density at radius 1 is 1.00 bits per heavy atom. The fraction of sp³-hybridized carbons (Fsp3) is 0.0476. The molecule has 0 saturated carbocycles. The number of fused-ring (bicyclic) bond motifs is 1. The van der Waals surface area contributed by atoms with Crippen molar-refractivity contribution in [3.8, 4) is 5.75 Å². The van der Waals surface area contributed by atoms with Gasteiger partial charge in [-0.05, 0) is 42.5 Å². The molecule has 27 heavy (non-hydrogen) atoms. The van der Waals surface area contributed by atoms with Gasteiger partial charge in [-0.15, -0.1) is 0 Å². The molecule has 1 amide bonds. The maximum Gasteiger partial charge on any atom is 0.336 e. The van der Waals surface area contributed by atoms with Crippen LogP contribution in [0.5, 0.6) is 5.75 Å². The highest BCUT2D eigenvalue weighted by atomic mass is 16.5. The number of hydrogen-bond donors (Lipinski definition) is 1. The Morgan fingerprint density at radius 2 is 1.85 bits per heavy atom. The molecule has 0 atom stereocenters. The van der Waals surface area contributed by atoms with Crippen LogP contribution in [-0.4, -0.2) is 5.91 Å². The van der Waals surface area contributed by atoms with Crippen LogP contribution in [0, 0.1) is 0 Å². The lowest BCUT2D eigenvalue weighted by Gasteiger charge is -2.08. The zero-order chi connectivity index (χ0) is 18.6. The molecule has 4 rings (SSSR count). The number of furan rings is 1. The molecular formula is C21H15NO5. The number of ether oxygens (including phenoxy) is 1. The highest BCUT2D eigenvalue weighted by molar-refractivity contribution is 6.04. The average molecular weight is 361 g/mol. The van der Waals surface area contributed by atoms with Crippen molar-refractivity contribution in [3.05, 3.63) is 94.7 Å². The third-order valence-corrected chi connectivity index (χ3v) is 3.97. The van der Waals surface area contributed by atoms with Crippen molar-refractivity contribution in [2.75, 3.05) is 5.32 Å². The summed E-state index contributed by atoms with van der Waals surface area (Å²) in [5, 5.41) is 3.49. The second-order valence-electron chi connectivity index (χ2n) is 5.84. The number of amides is 1. The summed E-state index contributed by atoms with van der Waals surface area (Å²) in [6, 6.07) is 19.0. The van der Waals surface area contributed by atoms with Crippen LogP contribution in [0.2, 0.25) is 0 Å². The van der Waals surface area contributed by atoms with E-state index in [4.69, 9.17) is 13.6 Å². The van der Waals surface area contributed by atoms with Crippen LogP contribution in [0.25, 0.3) is 11.0 Å². The monoisotopic (exact) mass is 361 g/mol. The Morgan fingerprint density at radius 3 is 2.70 bits per heavy atom. The molecule has 2 aromatic heterocycles. The Labute approximate surface area is 154 Å². The van der Waals surface area contributed by atoms with Crippen LogP contribution in [0.3, 0.4) is 0 Å². The Bertz CT molecular complexity index is 1140. The van der Waals surface area contributed by atoms with E-state index in [0.29, 0.717) is 28.0 Å². The zero-order valence-corrected chi connectivity index (χ0v) is 14.2. The largest absolute Gasteiger partial charge is 0.489 e. The average Bonchev–Trinajstić information content (AvgIpc) is 3.16. The van der Waals surface area contributed by atoms with E-state index in [2.05, 4.69) is 5.32 Å². The van der Waals surface area contributed by atoms with E-state index in [-0.39, 0.29) is 18.3 Å². The summed E-state index contributed by atoms with van der Waals surface area (Å²) in [5.41, 5.74) is 1.24. The molecule has 6 heteroatoms. The number of para-hydroxylation sites is 1. The molecule has 0 spiro atoms. The molecule has 4 aromatic rings. The van der Waals surface area contributed by atoms with Gasteiger partial charge < -0.3 is 18.9 Å². The molecule has 0 aliphatic heterocycles. The van der Waals surface area contributed by atoms with Crippen molar-refractivity contribution in [2.45, 2.75) is 6.61 Å². The van der Waals surface area contributed by atoms with Crippen LogP contribution in [-0.2, 0) is 6.61 Å². The third-order valence-electron chi connectivity index (χ3n) is 3.97. The Kier molecular flexibility index (Phi) is 4.45. The van der Waals surface area contributed by atoms with E-state index in [9.17, 15) is 9.59 Å². The molecule has 6 nitrogen and oxygen atoms in total. The third kappa shape index (κ3) is 3.74. The number of carbonyl (C=O) groups is 1. The van der Waals surface area contributed by atoms with E-state index >= 15 is 0 Å². The van der Waals surface area contributed by atoms with Crippen molar-refractivity contribution in [1.82, 2.24) is 0 Å². The van der Waals surface area contributed by atoms with Crippen LogP contribution in [0.4, 0.5) is 5.69 Å². The lowest BCUT2D eigenvalue weighted by Crippen LogP contribution is -2.13. The first-order chi connectivity index (χ1) is 13.2. The van der Waals surface area contributed by atoms with Crippen molar-refractivity contribution in [1.29, 1.82) is 0 Å². The molecule has 134 valence electrons. The van der Waals surface area contributed by atoms with Crippen LogP contribution < -0.4 is 15.7 Å². The van der Waals surface area contributed by atoms with Crippen LogP contribution >= 0.6 is 0 Å². The van der Waals surface area contributed by atoms with Gasteiger partial charge in [0.1, 0.15) is 17.9 Å². The van der Waals surface area contributed by atoms with E-state index in [1.165, 1.54) is 12.3 Å². The summed E-state index contributed by atoms with van der Waals surface area (Å²) in [5.74, 6) is 0.509. The summed E-state index contributed by atoms with van der Waals surface area (Å²) >= 11 is 0. The molecule has 1 N–H and O–H groups in total. The Hall–Kier alpha value is -3.80. The number of benzene rings is 2. The van der Waals surface area contributed by atoms with Gasteiger partial charge in [0.25, 0.3) is 5.91 Å². The molecule has 0 fully saturated rings. The van der Waals surface area contributed by atoms with Gasteiger partial charge in [0.2, 0.25) is 0 Å². The van der Waals surface area contributed by atoms with Gasteiger partial charge in [-0.3, -0.25) is 4.79 Å². The molecule has 2 heterocycles. The summed E-state index contributed by atoms with van der Waals surface area (Å²) in [4.78, 5) is 23.8. The number of carbonyl (C=O) groups excluding carboxylic acids is 1. The molecule has 0 radical (unpaired) electrons. The van der Waals surface area contributed by atoms with Crippen molar-refractivity contribution >= 4 is 22.6 Å². The maximum absolute atomic E-state index is 12.6. The summed E-state index contributed by atoms with van der Waals surface area (Å²) in [6.45, 7) is 0.214. The molecule has 0 bridgehead atoms. The standard InChI is InChI=1S/C21H15NO5/c23-19-9-6-14-12-16(7-8-18(14)27-19)22-21(24)20-15(10-11-25-20)13-26-17-4-2-1-3-5-17/h1-12H,13H2,(H,22,24). The topological polar surface area (TPSA) is 81.7 Å². The van der Waals surface area contributed by atoms with Gasteiger partial charge in [0.15, 0.2) is 5.76 Å². The molecule has 0 aliphatic rings. The van der Waals surface area contributed by atoms with E-state index in [1.54, 1.807) is 30.3 Å². The van der Waals surface area contributed by atoms with Gasteiger partial charge >= 0.3 is 5.63 Å². The fourth-order valence-corrected chi connectivity index (χ4v) is 2.66. The van der Waals surface area contributed by atoms with Gasteiger partial charge in [0, 0.05) is 22.7 Å². The van der Waals surface area contributed by atoms with Gasteiger partial charge in [0.05, 0.1) is 6.26 Å². The first kappa shape index (κ1) is 16.7. The maximum atomic E-state index is 12.6. The first-order valence-corrected chi connectivity index (χ1v) is 8.28. The van der Waals surface area contributed by atoms with Gasteiger partial charge in [-0.1, -0.05) is 18.2 Å². The molecule has 0 unspecified atom stereocenters. The highest BCUT2D eigenvalue weighted by Gasteiger charge is 2.16. The summed E-state index contributed by atoms with van der Waals surface area (Å²) < 4.78 is 16.1. The number of nitrogens with one attached hydrogen (secondary N) is 1. The predicted octanol–water partition coefficient (Wildman–Crippen LogP) is 4.22. The second kappa shape index (κ2) is 7.21. The van der Waals surface area contributed by atoms with Crippen LogP contribution in [0.15, 0.2) is 86.6 Å². The predicted molar refractivity (Wildman–Crippen MR) is 99.9 cm³/mol. The van der Waals surface area contributed by atoms with Gasteiger partial charge in [-0.2, -0.15) is 0 Å². The minimum atomic E-state index is -0.419. The second-order valence-corrected chi connectivity index (χ2v) is 5.84. The fourth-order valence-electron chi connectivity index (χ4n) is 2.66. The molecule has 0 aliphatic carbocycles. The highest BCUT2D eigenvalue weighted by Crippen LogP contribution is 2.20. The molecule has 2 aromatic carbocycles. The lowest BCUT2D eigenvalue weighted by atomic mass is 10.2. The minimum absolute atomic E-state index is 0.186. The van der Waals surface area contributed by atoms with E-state index < -0.39 is 5.63 Å². The first-order valence-electron chi connectivity index (χ1n) is 8.28. The minimum Gasteiger partial charge on any atom is -0.489 e. The quantitative estimate of drug-likeness (QED) is 0.538. The van der Waals surface area contributed by atoms with E-state index in [1.807, 2.05) is 30.3 Å². The summed E-state index contributed by atoms with van der Waals surface area (Å²) in [7, 11) is 0. The lowest BCUT2D eigenvalue weighted by molar-refractivity contribution is 0.0993.